The third kappa shape index (κ3) is 2.84. The predicted molar refractivity (Wildman–Crippen MR) is 72.1 cm³/mol. The molecule has 0 aromatic heterocycles. The summed E-state index contributed by atoms with van der Waals surface area (Å²) in [5.41, 5.74) is 1.79. The summed E-state index contributed by atoms with van der Waals surface area (Å²) in [6.07, 6.45) is 4.68. The van der Waals surface area contributed by atoms with E-state index in [4.69, 9.17) is 4.74 Å². The standard InChI is InChI=1S/C15H21NO2/c1-12-7-8-14(18-2)13(11-12)15(17)16-9-5-3-4-6-10-16/h7-8,11H,3-6,9-10H2,1-2H3. The van der Waals surface area contributed by atoms with Crippen LogP contribution in [-0.4, -0.2) is 31.0 Å². The minimum absolute atomic E-state index is 0.109. The molecular formula is C15H21NO2. The average Bonchev–Trinajstić information content (AvgIpc) is 2.66. The van der Waals surface area contributed by atoms with E-state index in [0.717, 1.165) is 31.5 Å². The van der Waals surface area contributed by atoms with E-state index in [-0.39, 0.29) is 5.91 Å². The fourth-order valence-electron chi connectivity index (χ4n) is 2.43. The van der Waals surface area contributed by atoms with Crippen molar-refractivity contribution in [3.63, 3.8) is 0 Å². The van der Waals surface area contributed by atoms with Gasteiger partial charge in [0.05, 0.1) is 12.7 Å². The summed E-state index contributed by atoms with van der Waals surface area (Å²) in [4.78, 5) is 14.5. The number of nitrogens with zero attached hydrogens (tertiary/aromatic N) is 1. The summed E-state index contributed by atoms with van der Waals surface area (Å²) in [5.74, 6) is 0.785. The number of ether oxygens (including phenoxy) is 1. The van der Waals surface area contributed by atoms with Crippen LogP contribution in [0.3, 0.4) is 0 Å². The molecule has 1 fully saturated rings. The van der Waals surface area contributed by atoms with Gasteiger partial charge in [-0.1, -0.05) is 24.5 Å². The van der Waals surface area contributed by atoms with Gasteiger partial charge < -0.3 is 9.64 Å². The van der Waals surface area contributed by atoms with E-state index in [1.54, 1.807) is 7.11 Å². The molecular weight excluding hydrogens is 226 g/mol. The third-order valence-electron chi connectivity index (χ3n) is 3.48. The Morgan fingerprint density at radius 2 is 1.83 bits per heavy atom. The van der Waals surface area contributed by atoms with Crippen LogP contribution in [0, 0.1) is 6.92 Å². The smallest absolute Gasteiger partial charge is 0.257 e. The molecule has 1 aliphatic heterocycles. The van der Waals surface area contributed by atoms with Crippen molar-refractivity contribution in [2.75, 3.05) is 20.2 Å². The number of hydrogen-bond acceptors (Lipinski definition) is 2. The number of likely N-dealkylation sites (tertiary alicyclic amines) is 1. The number of rotatable bonds is 2. The third-order valence-corrected chi connectivity index (χ3v) is 3.48. The van der Waals surface area contributed by atoms with E-state index in [9.17, 15) is 4.79 Å². The largest absolute Gasteiger partial charge is 0.496 e. The van der Waals surface area contributed by atoms with Crippen molar-refractivity contribution < 1.29 is 9.53 Å². The van der Waals surface area contributed by atoms with Crippen LogP contribution in [0.2, 0.25) is 0 Å². The summed E-state index contributed by atoms with van der Waals surface area (Å²) in [6.45, 7) is 3.74. The van der Waals surface area contributed by atoms with Crippen molar-refractivity contribution >= 4 is 5.91 Å². The van der Waals surface area contributed by atoms with E-state index in [0.29, 0.717) is 11.3 Å². The number of carbonyl (C=O) groups is 1. The summed E-state index contributed by atoms with van der Waals surface area (Å²) in [7, 11) is 1.61. The predicted octanol–water partition coefficient (Wildman–Crippen LogP) is 3.02. The lowest BCUT2D eigenvalue weighted by molar-refractivity contribution is 0.0758. The maximum Gasteiger partial charge on any atom is 0.257 e. The van der Waals surface area contributed by atoms with Crippen LogP contribution in [0.5, 0.6) is 5.75 Å². The first-order valence-corrected chi connectivity index (χ1v) is 6.66. The van der Waals surface area contributed by atoms with E-state index in [2.05, 4.69) is 0 Å². The first kappa shape index (κ1) is 12.9. The van der Waals surface area contributed by atoms with Gasteiger partial charge in [-0.15, -0.1) is 0 Å². The topological polar surface area (TPSA) is 29.5 Å². The molecule has 1 heterocycles. The zero-order valence-electron chi connectivity index (χ0n) is 11.2. The number of amides is 1. The molecule has 1 aromatic carbocycles. The van der Waals surface area contributed by atoms with Gasteiger partial charge >= 0.3 is 0 Å². The Bertz CT molecular complexity index is 421. The van der Waals surface area contributed by atoms with E-state index < -0.39 is 0 Å². The van der Waals surface area contributed by atoms with Gasteiger partial charge in [-0.05, 0) is 31.9 Å². The lowest BCUT2D eigenvalue weighted by atomic mass is 10.1. The number of methoxy groups -OCH3 is 1. The van der Waals surface area contributed by atoms with Gasteiger partial charge in [0.25, 0.3) is 5.91 Å². The van der Waals surface area contributed by atoms with Gasteiger partial charge in [0.2, 0.25) is 0 Å². The molecule has 0 aliphatic carbocycles. The van der Waals surface area contributed by atoms with Gasteiger partial charge in [-0.25, -0.2) is 0 Å². The van der Waals surface area contributed by atoms with Crippen molar-refractivity contribution in [2.45, 2.75) is 32.6 Å². The van der Waals surface area contributed by atoms with Gasteiger partial charge in [0, 0.05) is 13.1 Å². The second-order valence-corrected chi connectivity index (χ2v) is 4.91. The number of hydrogen-bond donors (Lipinski definition) is 0. The van der Waals surface area contributed by atoms with Crippen molar-refractivity contribution in [3.8, 4) is 5.75 Å². The zero-order chi connectivity index (χ0) is 13.0. The maximum absolute atomic E-state index is 12.5. The summed E-state index contributed by atoms with van der Waals surface area (Å²) >= 11 is 0. The molecule has 18 heavy (non-hydrogen) atoms. The highest BCUT2D eigenvalue weighted by Gasteiger charge is 2.20. The highest BCUT2D eigenvalue weighted by molar-refractivity contribution is 5.97. The van der Waals surface area contributed by atoms with Gasteiger partial charge in [-0.2, -0.15) is 0 Å². The molecule has 2 rings (SSSR count). The number of benzene rings is 1. The molecule has 1 aliphatic rings. The second kappa shape index (κ2) is 5.89. The molecule has 1 saturated heterocycles. The minimum atomic E-state index is 0.109. The molecule has 0 bridgehead atoms. The van der Waals surface area contributed by atoms with Crippen LogP contribution in [0.4, 0.5) is 0 Å². The molecule has 0 saturated carbocycles. The Morgan fingerprint density at radius 3 is 2.44 bits per heavy atom. The molecule has 0 N–H and O–H groups in total. The van der Waals surface area contributed by atoms with Crippen molar-refractivity contribution in [2.24, 2.45) is 0 Å². The van der Waals surface area contributed by atoms with Crippen LogP contribution in [0.1, 0.15) is 41.6 Å². The lowest BCUT2D eigenvalue weighted by Crippen LogP contribution is -2.32. The van der Waals surface area contributed by atoms with Crippen molar-refractivity contribution in [1.82, 2.24) is 4.90 Å². The molecule has 98 valence electrons. The number of aryl methyl sites for hydroxylation is 1. The zero-order valence-corrected chi connectivity index (χ0v) is 11.2. The summed E-state index contributed by atoms with van der Waals surface area (Å²) in [5, 5.41) is 0. The van der Waals surface area contributed by atoms with Crippen LogP contribution in [0.15, 0.2) is 18.2 Å². The van der Waals surface area contributed by atoms with E-state index in [1.165, 1.54) is 12.8 Å². The molecule has 3 nitrogen and oxygen atoms in total. The van der Waals surface area contributed by atoms with E-state index in [1.807, 2.05) is 30.0 Å². The maximum atomic E-state index is 12.5. The number of carbonyl (C=O) groups excluding carboxylic acids is 1. The van der Waals surface area contributed by atoms with E-state index >= 15 is 0 Å². The Morgan fingerprint density at radius 1 is 1.17 bits per heavy atom. The Labute approximate surface area is 109 Å². The highest BCUT2D eigenvalue weighted by Crippen LogP contribution is 2.22. The Balaban J connectivity index is 2.23. The molecule has 1 amide bonds. The molecule has 0 spiro atoms. The monoisotopic (exact) mass is 247 g/mol. The van der Waals surface area contributed by atoms with Crippen LogP contribution in [-0.2, 0) is 0 Å². The lowest BCUT2D eigenvalue weighted by Gasteiger charge is -2.21. The van der Waals surface area contributed by atoms with Crippen molar-refractivity contribution in [3.05, 3.63) is 29.3 Å². The molecule has 0 unspecified atom stereocenters. The molecule has 0 radical (unpaired) electrons. The average molecular weight is 247 g/mol. The minimum Gasteiger partial charge on any atom is -0.496 e. The normalized spacial score (nSPS) is 16.2. The fraction of sp³-hybridized carbons (Fsp3) is 0.533. The first-order chi connectivity index (χ1) is 8.72. The van der Waals surface area contributed by atoms with Crippen LogP contribution >= 0.6 is 0 Å². The highest BCUT2D eigenvalue weighted by atomic mass is 16.5. The molecule has 3 heteroatoms. The molecule has 1 aromatic rings. The Kier molecular flexibility index (Phi) is 4.24. The summed E-state index contributed by atoms with van der Waals surface area (Å²) < 4.78 is 5.30. The fourth-order valence-corrected chi connectivity index (χ4v) is 2.43. The Hall–Kier alpha value is -1.51. The quantitative estimate of drug-likeness (QED) is 0.804. The first-order valence-electron chi connectivity index (χ1n) is 6.66. The van der Waals surface area contributed by atoms with Crippen LogP contribution < -0.4 is 4.74 Å². The van der Waals surface area contributed by atoms with Gasteiger partial charge in [0.1, 0.15) is 5.75 Å². The van der Waals surface area contributed by atoms with Crippen molar-refractivity contribution in [1.29, 1.82) is 0 Å². The molecule has 0 atom stereocenters. The van der Waals surface area contributed by atoms with Crippen LogP contribution in [0.25, 0.3) is 0 Å². The summed E-state index contributed by atoms with van der Waals surface area (Å²) in [6, 6.07) is 5.77. The SMILES string of the molecule is COc1ccc(C)cc1C(=O)N1CCCCCC1. The second-order valence-electron chi connectivity index (χ2n) is 4.91. The van der Waals surface area contributed by atoms with Gasteiger partial charge in [0.15, 0.2) is 0 Å². The van der Waals surface area contributed by atoms with Gasteiger partial charge in [-0.3, -0.25) is 4.79 Å².